The Kier molecular flexibility index (Phi) is 3.12. The summed E-state index contributed by atoms with van der Waals surface area (Å²) in [5.41, 5.74) is 1.95. The Hall–Kier alpha value is -1.69. The van der Waals surface area contributed by atoms with Crippen molar-refractivity contribution in [2.45, 2.75) is 36.2 Å². The molecule has 2 heterocycles. The van der Waals surface area contributed by atoms with Crippen LogP contribution in [-0.2, 0) is 9.84 Å². The Morgan fingerprint density at radius 1 is 1.15 bits per heavy atom. The van der Waals surface area contributed by atoms with E-state index in [0.717, 1.165) is 24.0 Å². The molecule has 20 heavy (non-hydrogen) atoms. The summed E-state index contributed by atoms with van der Waals surface area (Å²) in [5, 5.41) is 9.99. The van der Waals surface area contributed by atoms with E-state index >= 15 is 0 Å². The van der Waals surface area contributed by atoms with Crippen LogP contribution in [0.3, 0.4) is 0 Å². The van der Waals surface area contributed by atoms with Crippen molar-refractivity contribution >= 4 is 21.1 Å². The number of benzene rings is 1. The maximum atomic E-state index is 12.2. The van der Waals surface area contributed by atoms with Gasteiger partial charge in [-0.25, -0.2) is 8.42 Å². The number of allylic oxidation sites excluding steroid dienone is 1. The molecule has 2 aliphatic rings. The molecular weight excluding hydrogens is 278 g/mol. The second-order valence-electron chi connectivity index (χ2n) is 5.38. The fourth-order valence-corrected chi connectivity index (χ4v) is 5.32. The molecule has 2 unspecified atom stereocenters. The average Bonchev–Trinajstić information content (AvgIpc) is 2.37. The van der Waals surface area contributed by atoms with Gasteiger partial charge >= 0.3 is 0 Å². The molecule has 0 spiro atoms. The van der Waals surface area contributed by atoms with Crippen LogP contribution < -0.4 is 0 Å². The lowest BCUT2D eigenvalue weighted by Crippen LogP contribution is -2.38. The van der Waals surface area contributed by atoms with Crippen LogP contribution in [0.5, 0.6) is 0 Å². The maximum Gasteiger partial charge on any atom is 0.269 e. The molecule has 0 amide bonds. The Labute approximate surface area is 117 Å². The van der Waals surface area contributed by atoms with Crippen LogP contribution in [0.2, 0.25) is 0 Å². The van der Waals surface area contributed by atoms with Gasteiger partial charge < -0.3 is 0 Å². The second kappa shape index (κ2) is 4.70. The van der Waals surface area contributed by atoms with Crippen molar-refractivity contribution in [3.05, 3.63) is 46.0 Å². The zero-order valence-electron chi connectivity index (χ0n) is 10.9. The summed E-state index contributed by atoms with van der Waals surface area (Å²) in [6.07, 6.45) is 4.74. The van der Waals surface area contributed by atoms with E-state index in [9.17, 15) is 18.5 Å². The van der Waals surface area contributed by atoms with E-state index in [1.807, 2.05) is 6.08 Å². The number of nitro groups is 1. The number of hydrogen-bond donors (Lipinski definition) is 0. The van der Waals surface area contributed by atoms with Gasteiger partial charge in [0.15, 0.2) is 9.84 Å². The molecule has 0 radical (unpaired) electrons. The minimum Gasteiger partial charge on any atom is -0.258 e. The highest BCUT2D eigenvalue weighted by Gasteiger charge is 2.40. The molecule has 1 saturated heterocycles. The van der Waals surface area contributed by atoms with Crippen molar-refractivity contribution < 1.29 is 13.3 Å². The molecule has 3 rings (SSSR count). The van der Waals surface area contributed by atoms with Gasteiger partial charge in [0.25, 0.3) is 5.69 Å². The van der Waals surface area contributed by atoms with E-state index in [2.05, 4.69) is 0 Å². The number of non-ortho nitro benzene ring substituents is 1. The molecule has 1 aromatic carbocycles. The first-order valence-corrected chi connectivity index (χ1v) is 8.27. The van der Waals surface area contributed by atoms with Crippen LogP contribution in [0.25, 0.3) is 5.57 Å². The molecule has 0 N–H and O–H groups in total. The third-order valence-electron chi connectivity index (χ3n) is 4.18. The molecular formula is C14H15NO4S. The lowest BCUT2D eigenvalue weighted by Gasteiger charge is -2.33. The molecule has 106 valence electrons. The molecule has 0 saturated carbocycles. The van der Waals surface area contributed by atoms with Crippen LogP contribution in [0, 0.1) is 10.1 Å². The minimum atomic E-state index is -3.01. The normalized spacial score (nSPS) is 27.7. The van der Waals surface area contributed by atoms with Gasteiger partial charge in [-0.2, -0.15) is 0 Å². The molecule has 6 heteroatoms. The molecule has 2 atom stereocenters. The number of sulfone groups is 1. The molecule has 2 aliphatic heterocycles. The van der Waals surface area contributed by atoms with E-state index in [4.69, 9.17) is 0 Å². The number of hydrogen-bond acceptors (Lipinski definition) is 4. The Bertz CT molecular complexity index is 676. The maximum absolute atomic E-state index is 12.2. The van der Waals surface area contributed by atoms with Crippen molar-refractivity contribution in [3.8, 4) is 0 Å². The van der Waals surface area contributed by atoms with Crippen LogP contribution in [0.4, 0.5) is 5.69 Å². The highest BCUT2D eigenvalue weighted by molar-refractivity contribution is 7.93. The monoisotopic (exact) mass is 293 g/mol. The molecule has 1 fully saturated rings. The topological polar surface area (TPSA) is 77.3 Å². The van der Waals surface area contributed by atoms with Crippen LogP contribution in [-0.4, -0.2) is 23.8 Å². The number of rotatable bonds is 2. The predicted molar refractivity (Wildman–Crippen MR) is 76.0 cm³/mol. The van der Waals surface area contributed by atoms with Crippen molar-refractivity contribution in [2.24, 2.45) is 0 Å². The largest absolute Gasteiger partial charge is 0.269 e. The van der Waals surface area contributed by atoms with E-state index in [1.165, 1.54) is 12.1 Å². The van der Waals surface area contributed by atoms with Crippen LogP contribution in [0.1, 0.15) is 31.2 Å². The third-order valence-corrected chi connectivity index (χ3v) is 6.73. The summed E-state index contributed by atoms with van der Waals surface area (Å²) in [5.74, 6) is 0. The Morgan fingerprint density at radius 3 is 2.45 bits per heavy atom. The first kappa shape index (κ1) is 13.3. The summed E-state index contributed by atoms with van der Waals surface area (Å²) < 4.78 is 24.4. The van der Waals surface area contributed by atoms with Crippen molar-refractivity contribution in [1.29, 1.82) is 0 Å². The van der Waals surface area contributed by atoms with Gasteiger partial charge in [-0.1, -0.05) is 12.5 Å². The lowest BCUT2D eigenvalue weighted by atomic mass is 9.93. The summed E-state index contributed by atoms with van der Waals surface area (Å²) in [7, 11) is -3.01. The lowest BCUT2D eigenvalue weighted by molar-refractivity contribution is -0.384. The van der Waals surface area contributed by atoms with Crippen molar-refractivity contribution in [2.75, 3.05) is 0 Å². The molecule has 0 aliphatic carbocycles. The zero-order valence-corrected chi connectivity index (χ0v) is 11.7. The van der Waals surface area contributed by atoms with Gasteiger partial charge in [0.2, 0.25) is 0 Å². The summed E-state index contributed by atoms with van der Waals surface area (Å²) in [6.45, 7) is 0. The Morgan fingerprint density at radius 2 is 1.85 bits per heavy atom. The predicted octanol–water partition coefficient (Wildman–Crippen LogP) is 2.72. The first-order valence-electron chi connectivity index (χ1n) is 6.67. The quantitative estimate of drug-likeness (QED) is 0.620. The van der Waals surface area contributed by atoms with Crippen LogP contribution in [0.15, 0.2) is 30.3 Å². The molecule has 5 nitrogen and oxygen atoms in total. The standard InChI is InChI=1S/C14H15NO4S/c16-15(17)12-6-4-10(5-7-12)11-8-13-2-1-3-14(9-11)20(13,18)19/h4-8,13-14H,1-3,9H2. The average molecular weight is 293 g/mol. The van der Waals surface area contributed by atoms with E-state index < -0.39 is 14.8 Å². The smallest absolute Gasteiger partial charge is 0.258 e. The number of nitro benzene ring substituents is 1. The van der Waals surface area contributed by atoms with E-state index in [1.54, 1.807) is 12.1 Å². The van der Waals surface area contributed by atoms with Gasteiger partial charge in [-0.05, 0) is 42.5 Å². The molecule has 2 bridgehead atoms. The first-order chi connectivity index (χ1) is 9.48. The van der Waals surface area contributed by atoms with Crippen molar-refractivity contribution in [1.82, 2.24) is 0 Å². The molecule has 0 aromatic heterocycles. The Balaban J connectivity index is 1.95. The van der Waals surface area contributed by atoms with Gasteiger partial charge in [-0.3, -0.25) is 10.1 Å². The van der Waals surface area contributed by atoms with E-state index in [-0.39, 0.29) is 16.2 Å². The van der Waals surface area contributed by atoms with Crippen LogP contribution >= 0.6 is 0 Å². The SMILES string of the molecule is O=[N+]([O-])c1ccc(C2=CC3CCCC(C2)S3(=O)=O)cc1. The van der Waals surface area contributed by atoms with E-state index in [0.29, 0.717) is 12.8 Å². The highest BCUT2D eigenvalue weighted by atomic mass is 32.2. The summed E-state index contributed by atoms with van der Waals surface area (Å²) in [4.78, 5) is 10.2. The third kappa shape index (κ3) is 2.14. The summed E-state index contributed by atoms with van der Waals surface area (Å²) >= 11 is 0. The summed E-state index contributed by atoms with van der Waals surface area (Å²) in [6, 6.07) is 6.35. The zero-order chi connectivity index (χ0) is 14.3. The fraction of sp³-hybridized carbons (Fsp3) is 0.429. The number of fused-ring (bicyclic) bond motifs is 2. The van der Waals surface area contributed by atoms with Gasteiger partial charge in [0.1, 0.15) is 0 Å². The second-order valence-corrected chi connectivity index (χ2v) is 7.83. The van der Waals surface area contributed by atoms with Gasteiger partial charge in [0.05, 0.1) is 15.4 Å². The van der Waals surface area contributed by atoms with Gasteiger partial charge in [0, 0.05) is 12.1 Å². The fourth-order valence-electron chi connectivity index (χ4n) is 3.07. The number of nitrogens with zero attached hydrogens (tertiary/aromatic N) is 1. The van der Waals surface area contributed by atoms with Crippen molar-refractivity contribution in [3.63, 3.8) is 0 Å². The highest BCUT2D eigenvalue weighted by Crippen LogP contribution is 2.39. The van der Waals surface area contributed by atoms with Gasteiger partial charge in [-0.15, -0.1) is 0 Å². The molecule has 1 aromatic rings. The minimum absolute atomic E-state index is 0.0537.